The Labute approximate surface area is 211 Å². The zero-order valence-corrected chi connectivity index (χ0v) is 20.0. The van der Waals surface area contributed by atoms with Crippen molar-refractivity contribution in [2.24, 2.45) is 0 Å². The molecule has 2 aliphatic rings. The molecule has 2 atom stereocenters. The lowest BCUT2D eigenvalue weighted by Gasteiger charge is -2.30. The van der Waals surface area contributed by atoms with Gasteiger partial charge in [-0.25, -0.2) is 8.78 Å². The average Bonchev–Trinajstić information content (AvgIpc) is 3.51. The van der Waals surface area contributed by atoms with Crippen LogP contribution in [0.4, 0.5) is 20.2 Å². The number of benzene rings is 3. The number of carbonyl (C=O) groups is 2. The number of nitrogens with one attached hydrogen (secondary N) is 3. The summed E-state index contributed by atoms with van der Waals surface area (Å²) >= 11 is 0. The SMILES string of the molecule is CC(=O)Nc1ccc2c(c1)OC(c1cc(F)cc(F)c1)n1c-2cc2cc(NC(=O)C3CCCN3)ccc21. The number of aromatic nitrogens is 1. The molecule has 3 N–H and O–H groups in total. The highest BCUT2D eigenvalue weighted by Gasteiger charge is 2.30. The number of nitrogens with zero attached hydrogens (tertiary/aromatic N) is 1. The van der Waals surface area contributed by atoms with Crippen molar-refractivity contribution in [2.45, 2.75) is 32.0 Å². The summed E-state index contributed by atoms with van der Waals surface area (Å²) in [7, 11) is 0. The molecule has 37 heavy (non-hydrogen) atoms. The van der Waals surface area contributed by atoms with Crippen molar-refractivity contribution in [2.75, 3.05) is 17.2 Å². The third-order valence-electron chi connectivity index (χ3n) is 6.70. The maximum absolute atomic E-state index is 14.2. The lowest BCUT2D eigenvalue weighted by atomic mass is 10.1. The highest BCUT2D eigenvalue weighted by Crippen LogP contribution is 2.45. The summed E-state index contributed by atoms with van der Waals surface area (Å²) in [6, 6.07) is 15.9. The topological polar surface area (TPSA) is 84.4 Å². The van der Waals surface area contributed by atoms with E-state index in [0.717, 1.165) is 47.6 Å². The van der Waals surface area contributed by atoms with Crippen LogP contribution in [0.25, 0.3) is 22.2 Å². The quantitative estimate of drug-likeness (QED) is 0.359. The molecule has 1 aromatic heterocycles. The maximum atomic E-state index is 14.2. The van der Waals surface area contributed by atoms with Gasteiger partial charge in [0.05, 0.1) is 17.3 Å². The Hall–Kier alpha value is -4.24. The molecule has 7 nitrogen and oxygen atoms in total. The number of fused-ring (bicyclic) bond motifs is 5. The number of carbonyl (C=O) groups excluding carboxylic acids is 2. The Morgan fingerprint density at radius 1 is 0.973 bits per heavy atom. The van der Waals surface area contributed by atoms with Gasteiger partial charge in [0, 0.05) is 46.9 Å². The molecule has 2 unspecified atom stereocenters. The van der Waals surface area contributed by atoms with Crippen LogP contribution in [0, 0.1) is 11.6 Å². The first-order valence-electron chi connectivity index (χ1n) is 12.1. The molecule has 3 heterocycles. The minimum atomic E-state index is -0.860. The van der Waals surface area contributed by atoms with Crippen molar-refractivity contribution in [1.82, 2.24) is 9.88 Å². The van der Waals surface area contributed by atoms with Gasteiger partial charge >= 0.3 is 0 Å². The summed E-state index contributed by atoms with van der Waals surface area (Å²) in [6.07, 6.45) is 0.907. The van der Waals surface area contributed by atoms with Gasteiger partial charge in [0.2, 0.25) is 18.0 Å². The van der Waals surface area contributed by atoms with Crippen LogP contribution in [-0.2, 0) is 9.59 Å². The van der Waals surface area contributed by atoms with E-state index in [1.807, 2.05) is 28.8 Å². The van der Waals surface area contributed by atoms with E-state index in [-0.39, 0.29) is 17.9 Å². The standard InChI is InChI=1S/C28H24F2N4O3/c1-15(35)32-21-4-6-22-25-12-16-11-20(33-27(36)23-3-2-8-31-23)5-7-24(16)34(25)28(37-26(22)14-21)17-9-18(29)13-19(30)10-17/h4-7,9-14,23,28,31H,2-3,8H2,1H3,(H,32,35)(H,33,36). The first kappa shape index (κ1) is 23.2. The molecule has 3 aromatic carbocycles. The number of amides is 2. The van der Waals surface area contributed by atoms with Crippen LogP contribution in [0.1, 0.15) is 31.6 Å². The van der Waals surface area contributed by atoms with Crippen molar-refractivity contribution in [3.63, 3.8) is 0 Å². The van der Waals surface area contributed by atoms with Gasteiger partial charge in [-0.2, -0.15) is 0 Å². The third-order valence-corrected chi connectivity index (χ3v) is 6.70. The fourth-order valence-electron chi connectivity index (χ4n) is 5.13. The summed E-state index contributed by atoms with van der Waals surface area (Å²) in [4.78, 5) is 24.2. The van der Waals surface area contributed by atoms with Crippen molar-refractivity contribution in [1.29, 1.82) is 0 Å². The van der Waals surface area contributed by atoms with Crippen molar-refractivity contribution < 1.29 is 23.1 Å². The molecule has 2 amide bonds. The molecular weight excluding hydrogens is 478 g/mol. The molecule has 4 aromatic rings. The van der Waals surface area contributed by atoms with Gasteiger partial charge < -0.3 is 25.3 Å². The van der Waals surface area contributed by atoms with Crippen LogP contribution in [0.5, 0.6) is 5.75 Å². The average molecular weight is 503 g/mol. The Bertz CT molecular complexity index is 1540. The number of halogens is 2. The smallest absolute Gasteiger partial charge is 0.241 e. The highest BCUT2D eigenvalue weighted by molar-refractivity contribution is 5.98. The predicted molar refractivity (Wildman–Crippen MR) is 136 cm³/mol. The molecule has 9 heteroatoms. The predicted octanol–water partition coefficient (Wildman–Crippen LogP) is 5.17. The zero-order chi connectivity index (χ0) is 25.7. The molecule has 0 spiro atoms. The van der Waals surface area contributed by atoms with Gasteiger partial charge in [-0.3, -0.25) is 9.59 Å². The third kappa shape index (κ3) is 4.31. The Balaban J connectivity index is 1.47. The van der Waals surface area contributed by atoms with Crippen molar-refractivity contribution in [3.05, 3.63) is 77.9 Å². The summed E-state index contributed by atoms with van der Waals surface area (Å²) in [5.41, 5.74) is 3.82. The number of hydrogen-bond donors (Lipinski definition) is 3. The maximum Gasteiger partial charge on any atom is 0.241 e. The summed E-state index contributed by atoms with van der Waals surface area (Å²) in [5, 5.41) is 9.74. The largest absolute Gasteiger partial charge is 0.465 e. The second kappa shape index (κ2) is 9.01. The van der Waals surface area contributed by atoms with E-state index >= 15 is 0 Å². The first-order valence-corrected chi connectivity index (χ1v) is 12.1. The highest BCUT2D eigenvalue weighted by atomic mass is 19.1. The number of anilines is 2. The molecule has 0 radical (unpaired) electrons. The second-order valence-electron chi connectivity index (χ2n) is 9.38. The minimum Gasteiger partial charge on any atom is -0.465 e. The Morgan fingerprint density at radius 2 is 1.73 bits per heavy atom. The minimum absolute atomic E-state index is 0.0758. The molecular formula is C28H24F2N4O3. The Morgan fingerprint density at radius 3 is 2.46 bits per heavy atom. The van der Waals surface area contributed by atoms with E-state index < -0.39 is 17.9 Å². The van der Waals surface area contributed by atoms with Gasteiger partial charge in [0.25, 0.3) is 0 Å². The molecule has 188 valence electrons. The number of hydrogen-bond acceptors (Lipinski definition) is 4. The molecule has 0 aliphatic carbocycles. The zero-order valence-electron chi connectivity index (χ0n) is 20.0. The second-order valence-corrected chi connectivity index (χ2v) is 9.38. The summed E-state index contributed by atoms with van der Waals surface area (Å²) < 4.78 is 36.6. The van der Waals surface area contributed by atoms with Crippen LogP contribution < -0.4 is 20.7 Å². The number of rotatable bonds is 4. The fraction of sp³-hybridized carbons (Fsp3) is 0.214. The summed E-state index contributed by atoms with van der Waals surface area (Å²) in [6.45, 7) is 2.24. The van der Waals surface area contributed by atoms with E-state index in [0.29, 0.717) is 22.7 Å². The van der Waals surface area contributed by atoms with Crippen LogP contribution >= 0.6 is 0 Å². The molecule has 2 aliphatic heterocycles. The molecule has 1 saturated heterocycles. The fourth-order valence-corrected chi connectivity index (χ4v) is 5.13. The van der Waals surface area contributed by atoms with Gasteiger partial charge in [-0.05, 0) is 67.9 Å². The normalized spacial score (nSPS) is 18.1. The number of ether oxygens (including phenoxy) is 1. The molecule has 0 saturated carbocycles. The first-order chi connectivity index (χ1) is 17.9. The molecule has 6 rings (SSSR count). The van der Waals surface area contributed by atoms with Crippen LogP contribution in [-0.4, -0.2) is 29.0 Å². The van der Waals surface area contributed by atoms with E-state index in [9.17, 15) is 18.4 Å². The van der Waals surface area contributed by atoms with Gasteiger partial charge in [-0.1, -0.05) is 0 Å². The van der Waals surface area contributed by atoms with Crippen LogP contribution in [0.3, 0.4) is 0 Å². The van der Waals surface area contributed by atoms with Crippen molar-refractivity contribution in [3.8, 4) is 17.0 Å². The molecule has 0 bridgehead atoms. The van der Waals surface area contributed by atoms with E-state index in [2.05, 4.69) is 16.0 Å². The van der Waals surface area contributed by atoms with E-state index in [1.165, 1.54) is 19.1 Å². The van der Waals surface area contributed by atoms with Crippen LogP contribution in [0.2, 0.25) is 0 Å². The lowest BCUT2D eigenvalue weighted by molar-refractivity contribution is -0.117. The van der Waals surface area contributed by atoms with E-state index in [4.69, 9.17) is 4.74 Å². The van der Waals surface area contributed by atoms with Crippen molar-refractivity contribution >= 4 is 34.1 Å². The summed E-state index contributed by atoms with van der Waals surface area (Å²) in [5.74, 6) is -1.25. The monoisotopic (exact) mass is 502 g/mol. The van der Waals surface area contributed by atoms with Gasteiger partial charge in [0.15, 0.2) is 0 Å². The molecule has 1 fully saturated rings. The Kier molecular flexibility index (Phi) is 5.64. The van der Waals surface area contributed by atoms with Gasteiger partial charge in [-0.15, -0.1) is 0 Å². The van der Waals surface area contributed by atoms with Crippen LogP contribution in [0.15, 0.2) is 60.7 Å². The van der Waals surface area contributed by atoms with E-state index in [1.54, 1.807) is 18.2 Å². The van der Waals surface area contributed by atoms with Gasteiger partial charge in [0.1, 0.15) is 17.4 Å². The lowest BCUT2D eigenvalue weighted by Crippen LogP contribution is -2.35.